The third kappa shape index (κ3) is 1.80. The van der Waals surface area contributed by atoms with E-state index in [4.69, 9.17) is 5.73 Å². The molecule has 2 N–H and O–H groups in total. The van der Waals surface area contributed by atoms with E-state index in [0.29, 0.717) is 6.07 Å². The number of rotatable bonds is 2. The second-order valence-electron chi connectivity index (χ2n) is 2.47. The minimum Gasteiger partial charge on any atom is -0.324 e. The van der Waals surface area contributed by atoms with Crippen LogP contribution in [0.3, 0.4) is 0 Å². The van der Waals surface area contributed by atoms with Crippen molar-refractivity contribution in [1.82, 2.24) is 0 Å². The van der Waals surface area contributed by atoms with Crippen molar-refractivity contribution in [3.63, 3.8) is 0 Å². The summed E-state index contributed by atoms with van der Waals surface area (Å²) in [6.07, 6.45) is 0. The van der Waals surface area contributed by atoms with Crippen molar-refractivity contribution in [3.8, 4) is 0 Å². The summed E-state index contributed by atoms with van der Waals surface area (Å²) < 4.78 is 38.6. The van der Waals surface area contributed by atoms with Gasteiger partial charge in [0.15, 0.2) is 23.2 Å². The number of carbonyl (C=O) groups excluding carboxylic acids is 1. The van der Waals surface area contributed by atoms with Gasteiger partial charge in [-0.2, -0.15) is 0 Å². The first-order valence-corrected chi connectivity index (χ1v) is 4.34. The van der Waals surface area contributed by atoms with E-state index in [1.807, 2.05) is 0 Å². The molecule has 0 saturated carbocycles. The minimum atomic E-state index is -1.51. The zero-order valence-electron chi connectivity index (χ0n) is 6.78. The van der Waals surface area contributed by atoms with Crippen LogP contribution in [0.5, 0.6) is 0 Å². The monoisotopic (exact) mass is 267 g/mol. The molecule has 0 saturated heterocycles. The summed E-state index contributed by atoms with van der Waals surface area (Å²) in [5.74, 6) is -4.93. The van der Waals surface area contributed by atoms with Crippen molar-refractivity contribution >= 4 is 21.7 Å². The van der Waals surface area contributed by atoms with E-state index in [1.54, 1.807) is 0 Å². The van der Waals surface area contributed by atoms with Crippen LogP contribution in [0.25, 0.3) is 0 Å². The zero-order valence-corrected chi connectivity index (χ0v) is 8.37. The molecule has 0 aliphatic carbocycles. The molecule has 0 radical (unpaired) electrons. The van der Waals surface area contributed by atoms with Gasteiger partial charge < -0.3 is 5.73 Å². The van der Waals surface area contributed by atoms with Crippen LogP contribution in [0.4, 0.5) is 13.2 Å². The molecule has 0 aromatic heterocycles. The van der Waals surface area contributed by atoms with Gasteiger partial charge >= 0.3 is 0 Å². The summed E-state index contributed by atoms with van der Waals surface area (Å²) in [5, 5.41) is 0. The summed E-state index contributed by atoms with van der Waals surface area (Å²) in [5.41, 5.74) is 3.98. The summed E-state index contributed by atoms with van der Waals surface area (Å²) in [6.45, 7) is -0.580. The van der Waals surface area contributed by atoms with Crippen molar-refractivity contribution in [1.29, 1.82) is 0 Å². The summed E-state index contributed by atoms with van der Waals surface area (Å²) in [7, 11) is 0. The van der Waals surface area contributed by atoms with Crippen molar-refractivity contribution in [2.75, 3.05) is 6.54 Å². The third-order valence-electron chi connectivity index (χ3n) is 1.58. The van der Waals surface area contributed by atoms with Gasteiger partial charge in [0.05, 0.1) is 16.6 Å². The molecule has 0 amide bonds. The molecule has 0 spiro atoms. The second kappa shape index (κ2) is 4.10. The van der Waals surface area contributed by atoms with Gasteiger partial charge in [0.25, 0.3) is 0 Å². The first-order valence-electron chi connectivity index (χ1n) is 3.55. The Labute approximate surface area is 86.0 Å². The van der Waals surface area contributed by atoms with E-state index in [2.05, 4.69) is 15.9 Å². The number of hydrogen-bond acceptors (Lipinski definition) is 2. The Morgan fingerprint density at radius 3 is 2.43 bits per heavy atom. The van der Waals surface area contributed by atoms with Crippen LogP contribution in [-0.4, -0.2) is 12.3 Å². The summed E-state index contributed by atoms with van der Waals surface area (Å²) >= 11 is 2.65. The highest BCUT2D eigenvalue weighted by Crippen LogP contribution is 2.24. The maximum absolute atomic E-state index is 13.1. The molecule has 0 atom stereocenters. The largest absolute Gasteiger partial charge is 0.324 e. The second-order valence-corrected chi connectivity index (χ2v) is 3.32. The molecular formula is C8H5BrF3NO. The number of carbonyl (C=O) groups is 1. The Bertz CT molecular complexity index is 368. The number of nitrogens with two attached hydrogens (primary N) is 1. The van der Waals surface area contributed by atoms with Crippen molar-refractivity contribution in [3.05, 3.63) is 33.6 Å². The highest BCUT2D eigenvalue weighted by Gasteiger charge is 2.22. The first kappa shape index (κ1) is 11.2. The van der Waals surface area contributed by atoms with Gasteiger partial charge in [-0.25, -0.2) is 13.2 Å². The normalized spacial score (nSPS) is 10.4. The molecule has 6 heteroatoms. The quantitative estimate of drug-likeness (QED) is 0.658. The lowest BCUT2D eigenvalue weighted by atomic mass is 10.1. The molecule has 1 aromatic carbocycles. The van der Waals surface area contributed by atoms with Crippen LogP contribution in [0.15, 0.2) is 10.5 Å². The van der Waals surface area contributed by atoms with Crippen LogP contribution >= 0.6 is 15.9 Å². The topological polar surface area (TPSA) is 43.1 Å². The fraction of sp³-hybridized carbons (Fsp3) is 0.125. The highest BCUT2D eigenvalue weighted by atomic mass is 79.9. The minimum absolute atomic E-state index is 0.312. The fourth-order valence-corrected chi connectivity index (χ4v) is 1.32. The van der Waals surface area contributed by atoms with Gasteiger partial charge in [0, 0.05) is 0 Å². The highest BCUT2D eigenvalue weighted by molar-refractivity contribution is 9.10. The molecule has 0 heterocycles. The van der Waals surface area contributed by atoms with Crippen LogP contribution in [0.1, 0.15) is 10.4 Å². The van der Waals surface area contributed by atoms with Crippen LogP contribution < -0.4 is 5.73 Å². The Morgan fingerprint density at radius 2 is 1.93 bits per heavy atom. The number of Topliss-reactive ketones (excluding diaryl/α,β-unsaturated/α-hetero) is 1. The SMILES string of the molecule is NCC(=O)c1c(F)c(F)cc(Br)c1F. The predicted molar refractivity (Wildman–Crippen MR) is 47.4 cm³/mol. The van der Waals surface area contributed by atoms with Gasteiger partial charge in [0.1, 0.15) is 0 Å². The third-order valence-corrected chi connectivity index (χ3v) is 2.15. The standard InChI is InChI=1S/C8H5BrF3NO/c9-3-1-4(10)8(12)6(7(3)11)5(14)2-13/h1H,2,13H2. The van der Waals surface area contributed by atoms with Crippen molar-refractivity contribution in [2.24, 2.45) is 5.73 Å². The smallest absolute Gasteiger partial charge is 0.182 e. The van der Waals surface area contributed by atoms with Crippen molar-refractivity contribution < 1.29 is 18.0 Å². The van der Waals surface area contributed by atoms with E-state index in [-0.39, 0.29) is 4.47 Å². The molecule has 0 aliphatic rings. The summed E-state index contributed by atoms with van der Waals surface area (Å²) in [6, 6.07) is 0.609. The maximum atomic E-state index is 13.1. The van der Waals surface area contributed by atoms with Crippen LogP contribution in [-0.2, 0) is 0 Å². The van der Waals surface area contributed by atoms with Gasteiger partial charge in [-0.15, -0.1) is 0 Å². The van der Waals surface area contributed by atoms with Gasteiger partial charge in [-0.3, -0.25) is 4.79 Å². The predicted octanol–water partition coefficient (Wildman–Crippen LogP) is 2.01. The molecular weight excluding hydrogens is 263 g/mol. The Morgan fingerprint density at radius 1 is 1.36 bits per heavy atom. The Hall–Kier alpha value is -0.880. The lowest BCUT2D eigenvalue weighted by Crippen LogP contribution is -2.18. The van der Waals surface area contributed by atoms with Gasteiger partial charge in [-0.05, 0) is 22.0 Å². The van der Waals surface area contributed by atoms with E-state index in [9.17, 15) is 18.0 Å². The van der Waals surface area contributed by atoms with Crippen LogP contribution in [0, 0.1) is 17.5 Å². The molecule has 1 aromatic rings. The Kier molecular flexibility index (Phi) is 3.28. The number of hydrogen-bond donors (Lipinski definition) is 1. The molecule has 0 fully saturated rings. The van der Waals surface area contributed by atoms with E-state index in [0.717, 1.165) is 0 Å². The number of ketones is 1. The molecule has 76 valence electrons. The van der Waals surface area contributed by atoms with Gasteiger partial charge in [0.2, 0.25) is 0 Å². The molecule has 1 rings (SSSR count). The molecule has 0 aliphatic heterocycles. The summed E-state index contributed by atoms with van der Waals surface area (Å²) in [4.78, 5) is 11.0. The van der Waals surface area contributed by atoms with E-state index < -0.39 is 35.3 Å². The van der Waals surface area contributed by atoms with Gasteiger partial charge in [-0.1, -0.05) is 0 Å². The molecule has 2 nitrogen and oxygen atoms in total. The number of halogens is 4. The fourth-order valence-electron chi connectivity index (χ4n) is 0.920. The molecule has 0 bridgehead atoms. The van der Waals surface area contributed by atoms with E-state index in [1.165, 1.54) is 0 Å². The van der Waals surface area contributed by atoms with Crippen LogP contribution in [0.2, 0.25) is 0 Å². The number of benzene rings is 1. The first-order chi connectivity index (χ1) is 6.49. The zero-order chi connectivity index (χ0) is 10.9. The lowest BCUT2D eigenvalue weighted by molar-refractivity contribution is 0.0992. The van der Waals surface area contributed by atoms with Crippen molar-refractivity contribution in [2.45, 2.75) is 0 Å². The molecule has 0 unspecified atom stereocenters. The average Bonchev–Trinajstić information content (AvgIpc) is 2.15. The maximum Gasteiger partial charge on any atom is 0.182 e. The average molecular weight is 268 g/mol. The molecule has 14 heavy (non-hydrogen) atoms. The van der Waals surface area contributed by atoms with E-state index >= 15 is 0 Å². The Balaban J connectivity index is 3.47. The lowest BCUT2D eigenvalue weighted by Gasteiger charge is -2.04.